The Bertz CT molecular complexity index is 392. The zero-order valence-electron chi connectivity index (χ0n) is 15.5. The Kier molecular flexibility index (Phi) is 5.60. The van der Waals surface area contributed by atoms with Crippen LogP contribution in [0.25, 0.3) is 0 Å². The molecule has 0 aromatic heterocycles. The number of hydrogen-bond donors (Lipinski definition) is 4. The molecule has 0 radical (unpaired) electrons. The first-order valence-electron chi connectivity index (χ1n) is 10.3. The van der Waals surface area contributed by atoms with Crippen molar-refractivity contribution >= 4 is 0 Å². The SMILES string of the molecule is CC1C(N)C(O)CCC1C1(C2CCC(O)C(N)C2C)CCCCC1. The third kappa shape index (κ3) is 3.04. The van der Waals surface area contributed by atoms with Crippen LogP contribution in [0.15, 0.2) is 0 Å². The van der Waals surface area contributed by atoms with Crippen LogP contribution < -0.4 is 11.5 Å². The summed E-state index contributed by atoms with van der Waals surface area (Å²) in [5.74, 6) is 1.90. The fourth-order valence-electron chi connectivity index (χ4n) is 6.70. The van der Waals surface area contributed by atoms with Crippen LogP contribution in [-0.4, -0.2) is 34.5 Å². The zero-order chi connectivity index (χ0) is 17.5. The van der Waals surface area contributed by atoms with Crippen LogP contribution in [0.4, 0.5) is 0 Å². The minimum Gasteiger partial charge on any atom is -0.392 e. The maximum Gasteiger partial charge on any atom is 0.0693 e. The van der Waals surface area contributed by atoms with E-state index >= 15 is 0 Å². The molecule has 6 N–H and O–H groups in total. The van der Waals surface area contributed by atoms with Gasteiger partial charge in [-0.15, -0.1) is 0 Å². The van der Waals surface area contributed by atoms with E-state index < -0.39 is 0 Å². The van der Waals surface area contributed by atoms with E-state index in [0.29, 0.717) is 29.1 Å². The molecule has 3 saturated carbocycles. The number of rotatable bonds is 2. The highest BCUT2D eigenvalue weighted by atomic mass is 16.3. The Hall–Kier alpha value is -0.160. The normalized spacial score (nSPS) is 49.8. The van der Waals surface area contributed by atoms with E-state index in [2.05, 4.69) is 13.8 Å². The fourth-order valence-corrected chi connectivity index (χ4v) is 6.70. The summed E-state index contributed by atoms with van der Waals surface area (Å²) in [6, 6.07) is -0.193. The molecule has 3 fully saturated rings. The van der Waals surface area contributed by atoms with Gasteiger partial charge in [-0.1, -0.05) is 33.1 Å². The summed E-state index contributed by atoms with van der Waals surface area (Å²) in [6.07, 6.45) is 9.70. The molecule has 4 nitrogen and oxygen atoms in total. The highest BCUT2D eigenvalue weighted by Gasteiger charge is 2.53. The van der Waals surface area contributed by atoms with Gasteiger partial charge in [-0.25, -0.2) is 0 Å². The van der Waals surface area contributed by atoms with Crippen LogP contribution in [-0.2, 0) is 0 Å². The van der Waals surface area contributed by atoms with Crippen LogP contribution in [0.1, 0.15) is 71.6 Å². The Morgan fingerprint density at radius 2 is 1.12 bits per heavy atom. The molecule has 0 aromatic rings. The van der Waals surface area contributed by atoms with Gasteiger partial charge < -0.3 is 21.7 Å². The average Bonchev–Trinajstić information content (AvgIpc) is 2.58. The van der Waals surface area contributed by atoms with Crippen molar-refractivity contribution in [2.75, 3.05) is 0 Å². The first kappa shape index (κ1) is 18.6. The lowest BCUT2D eigenvalue weighted by Gasteiger charge is -2.58. The predicted molar refractivity (Wildman–Crippen MR) is 97.3 cm³/mol. The molecule has 0 saturated heterocycles. The smallest absolute Gasteiger partial charge is 0.0693 e. The van der Waals surface area contributed by atoms with E-state index in [0.717, 1.165) is 25.7 Å². The highest BCUT2D eigenvalue weighted by Crippen LogP contribution is 2.58. The summed E-state index contributed by atoms with van der Waals surface area (Å²) in [7, 11) is 0. The molecule has 0 aromatic carbocycles. The number of nitrogens with two attached hydrogens (primary N) is 2. The molecule has 4 heteroatoms. The van der Waals surface area contributed by atoms with Gasteiger partial charge in [0.15, 0.2) is 0 Å². The summed E-state index contributed by atoms with van der Waals surface area (Å²) in [5, 5.41) is 20.4. The van der Waals surface area contributed by atoms with E-state index in [9.17, 15) is 10.2 Å². The van der Waals surface area contributed by atoms with E-state index in [4.69, 9.17) is 11.5 Å². The zero-order valence-corrected chi connectivity index (χ0v) is 15.5. The molecular formula is C20H38N2O2. The van der Waals surface area contributed by atoms with E-state index in [1.807, 2.05) is 0 Å². The largest absolute Gasteiger partial charge is 0.392 e. The number of aliphatic hydroxyl groups excluding tert-OH is 2. The fraction of sp³-hybridized carbons (Fsp3) is 1.00. The Balaban J connectivity index is 1.90. The van der Waals surface area contributed by atoms with Crippen molar-refractivity contribution in [3.05, 3.63) is 0 Å². The van der Waals surface area contributed by atoms with Crippen LogP contribution in [0.5, 0.6) is 0 Å². The molecule has 24 heavy (non-hydrogen) atoms. The van der Waals surface area contributed by atoms with Gasteiger partial charge >= 0.3 is 0 Å². The van der Waals surface area contributed by atoms with Crippen molar-refractivity contribution in [2.24, 2.45) is 40.6 Å². The number of aliphatic hydroxyl groups is 2. The van der Waals surface area contributed by atoms with Crippen molar-refractivity contribution in [1.29, 1.82) is 0 Å². The molecule has 3 rings (SSSR count). The molecular weight excluding hydrogens is 300 g/mol. The van der Waals surface area contributed by atoms with Crippen molar-refractivity contribution in [1.82, 2.24) is 0 Å². The summed E-state index contributed by atoms with van der Waals surface area (Å²) in [4.78, 5) is 0. The molecule has 0 heterocycles. The molecule has 0 amide bonds. The Labute approximate surface area is 147 Å². The second kappa shape index (κ2) is 7.22. The van der Waals surface area contributed by atoms with Crippen molar-refractivity contribution in [2.45, 2.75) is 95.9 Å². The molecule has 0 spiro atoms. The second-order valence-corrected chi connectivity index (χ2v) is 9.17. The maximum atomic E-state index is 10.2. The third-order valence-electron chi connectivity index (χ3n) is 8.18. The summed E-state index contributed by atoms with van der Waals surface area (Å²) < 4.78 is 0. The van der Waals surface area contributed by atoms with E-state index in [1.54, 1.807) is 0 Å². The van der Waals surface area contributed by atoms with Crippen LogP contribution >= 0.6 is 0 Å². The van der Waals surface area contributed by atoms with Crippen molar-refractivity contribution in [3.8, 4) is 0 Å². The lowest BCUT2D eigenvalue weighted by molar-refractivity contribution is -0.0968. The monoisotopic (exact) mass is 338 g/mol. The molecule has 0 aliphatic heterocycles. The summed E-state index contributed by atoms with van der Waals surface area (Å²) in [6.45, 7) is 4.52. The minimum atomic E-state index is -0.343. The highest BCUT2D eigenvalue weighted by molar-refractivity contribution is 5.05. The lowest BCUT2D eigenvalue weighted by Crippen LogP contribution is -2.58. The minimum absolute atomic E-state index is 0.0966. The maximum absolute atomic E-state index is 10.2. The lowest BCUT2D eigenvalue weighted by atomic mass is 9.48. The molecule has 140 valence electrons. The van der Waals surface area contributed by atoms with Gasteiger partial charge in [-0.2, -0.15) is 0 Å². The molecule has 8 unspecified atom stereocenters. The van der Waals surface area contributed by atoms with Crippen LogP contribution in [0, 0.1) is 29.1 Å². The van der Waals surface area contributed by atoms with Gasteiger partial charge in [0.25, 0.3) is 0 Å². The summed E-state index contributed by atoms with van der Waals surface area (Å²) in [5.41, 5.74) is 13.1. The van der Waals surface area contributed by atoms with Gasteiger partial charge in [0.05, 0.1) is 12.2 Å². The molecule has 0 bridgehead atoms. The van der Waals surface area contributed by atoms with E-state index in [1.165, 1.54) is 32.1 Å². The average molecular weight is 339 g/mol. The first-order chi connectivity index (χ1) is 11.4. The molecule has 3 aliphatic rings. The quantitative estimate of drug-likeness (QED) is 0.622. The predicted octanol–water partition coefficient (Wildman–Crippen LogP) is 2.41. The Morgan fingerprint density at radius 1 is 0.708 bits per heavy atom. The van der Waals surface area contributed by atoms with Gasteiger partial charge in [0.2, 0.25) is 0 Å². The molecule has 8 atom stereocenters. The topological polar surface area (TPSA) is 92.5 Å². The molecule has 3 aliphatic carbocycles. The van der Waals surface area contributed by atoms with Gasteiger partial charge in [0.1, 0.15) is 0 Å². The summed E-state index contributed by atoms with van der Waals surface area (Å²) >= 11 is 0. The standard InChI is InChI=1S/C20H38N2O2/c1-12-14(6-8-16(23)18(12)21)20(10-4-3-5-11-20)15-7-9-17(24)19(22)13(15)2/h12-19,23-24H,3-11,21-22H2,1-2H3. The van der Waals surface area contributed by atoms with E-state index in [-0.39, 0.29) is 24.3 Å². The van der Waals surface area contributed by atoms with Crippen LogP contribution in [0.3, 0.4) is 0 Å². The van der Waals surface area contributed by atoms with Gasteiger partial charge in [0, 0.05) is 12.1 Å². The van der Waals surface area contributed by atoms with Crippen LogP contribution in [0.2, 0.25) is 0 Å². The van der Waals surface area contributed by atoms with Gasteiger partial charge in [-0.3, -0.25) is 0 Å². The Morgan fingerprint density at radius 3 is 1.54 bits per heavy atom. The first-order valence-corrected chi connectivity index (χ1v) is 10.3. The van der Waals surface area contributed by atoms with Crippen molar-refractivity contribution in [3.63, 3.8) is 0 Å². The third-order valence-corrected chi connectivity index (χ3v) is 8.18. The second-order valence-electron chi connectivity index (χ2n) is 9.17. The van der Waals surface area contributed by atoms with Crippen molar-refractivity contribution < 1.29 is 10.2 Å². The number of hydrogen-bond acceptors (Lipinski definition) is 4. The van der Waals surface area contributed by atoms with Gasteiger partial charge in [-0.05, 0) is 67.6 Å².